The Bertz CT molecular complexity index is 573. The zero-order valence-electron chi connectivity index (χ0n) is 11.2. The number of aromatic hydroxyl groups is 1. The summed E-state index contributed by atoms with van der Waals surface area (Å²) in [6.45, 7) is 0.589. The quantitative estimate of drug-likeness (QED) is 0.841. The summed E-state index contributed by atoms with van der Waals surface area (Å²) in [4.78, 5) is 11.6. The summed E-state index contributed by atoms with van der Waals surface area (Å²) >= 11 is 0. The van der Waals surface area contributed by atoms with Crippen molar-refractivity contribution < 1.29 is 23.1 Å². The SMILES string of the molecule is COC(=O)C1CCN(S(=O)(=O)c2ccc(O)cc2)CC1. The van der Waals surface area contributed by atoms with Gasteiger partial charge in [0.2, 0.25) is 10.0 Å². The van der Waals surface area contributed by atoms with Crippen LogP contribution in [-0.4, -0.2) is 44.0 Å². The van der Waals surface area contributed by atoms with Gasteiger partial charge in [-0.3, -0.25) is 4.79 Å². The molecular formula is C13H17NO5S. The molecule has 6 nitrogen and oxygen atoms in total. The molecule has 0 saturated carbocycles. The van der Waals surface area contributed by atoms with Gasteiger partial charge in [0.1, 0.15) is 5.75 Å². The van der Waals surface area contributed by atoms with E-state index in [0.717, 1.165) is 0 Å². The molecule has 20 heavy (non-hydrogen) atoms. The van der Waals surface area contributed by atoms with Gasteiger partial charge in [-0.05, 0) is 37.1 Å². The van der Waals surface area contributed by atoms with E-state index in [1.165, 1.54) is 35.7 Å². The van der Waals surface area contributed by atoms with E-state index in [0.29, 0.717) is 25.9 Å². The Morgan fingerprint density at radius 2 is 1.80 bits per heavy atom. The summed E-state index contributed by atoms with van der Waals surface area (Å²) in [7, 11) is -2.23. The Morgan fingerprint density at radius 3 is 2.30 bits per heavy atom. The van der Waals surface area contributed by atoms with Gasteiger partial charge in [0, 0.05) is 13.1 Å². The van der Waals surface area contributed by atoms with Crippen molar-refractivity contribution in [2.75, 3.05) is 20.2 Å². The fourth-order valence-electron chi connectivity index (χ4n) is 2.27. The van der Waals surface area contributed by atoms with E-state index in [1.54, 1.807) is 0 Å². The first-order valence-corrected chi connectivity index (χ1v) is 7.76. The zero-order valence-corrected chi connectivity index (χ0v) is 12.0. The highest BCUT2D eigenvalue weighted by atomic mass is 32.2. The van der Waals surface area contributed by atoms with Crippen LogP contribution in [0.3, 0.4) is 0 Å². The molecule has 2 rings (SSSR count). The molecule has 1 N–H and O–H groups in total. The molecular weight excluding hydrogens is 282 g/mol. The van der Waals surface area contributed by atoms with Gasteiger partial charge in [-0.25, -0.2) is 8.42 Å². The third-order valence-electron chi connectivity index (χ3n) is 3.46. The minimum atomic E-state index is -3.56. The van der Waals surface area contributed by atoms with Crippen LogP contribution in [0, 0.1) is 5.92 Å². The minimum absolute atomic E-state index is 0.0216. The van der Waals surface area contributed by atoms with Crippen LogP contribution in [0.5, 0.6) is 5.75 Å². The summed E-state index contributed by atoms with van der Waals surface area (Å²) < 4.78 is 30.8. The Kier molecular flexibility index (Phi) is 4.29. The second-order valence-corrected chi connectivity index (χ2v) is 6.63. The van der Waals surface area contributed by atoms with Crippen molar-refractivity contribution in [3.8, 4) is 5.75 Å². The van der Waals surface area contributed by atoms with Gasteiger partial charge in [-0.1, -0.05) is 0 Å². The minimum Gasteiger partial charge on any atom is -0.508 e. The van der Waals surface area contributed by atoms with E-state index in [-0.39, 0.29) is 22.5 Å². The summed E-state index contributed by atoms with van der Waals surface area (Å²) in [5.41, 5.74) is 0. The highest BCUT2D eigenvalue weighted by Gasteiger charge is 2.32. The Balaban J connectivity index is 2.09. The number of carbonyl (C=O) groups is 1. The zero-order chi connectivity index (χ0) is 14.8. The van der Waals surface area contributed by atoms with E-state index in [1.807, 2.05) is 0 Å². The molecule has 0 unspecified atom stereocenters. The highest BCUT2D eigenvalue weighted by Crippen LogP contribution is 2.25. The number of sulfonamides is 1. The van der Waals surface area contributed by atoms with Crippen LogP contribution in [0.25, 0.3) is 0 Å². The third-order valence-corrected chi connectivity index (χ3v) is 5.38. The van der Waals surface area contributed by atoms with Crippen molar-refractivity contribution in [3.05, 3.63) is 24.3 Å². The van der Waals surface area contributed by atoms with Crippen LogP contribution < -0.4 is 0 Å². The van der Waals surface area contributed by atoms with Crippen molar-refractivity contribution in [1.82, 2.24) is 4.31 Å². The van der Waals surface area contributed by atoms with Gasteiger partial charge < -0.3 is 9.84 Å². The first-order valence-electron chi connectivity index (χ1n) is 6.32. The van der Waals surface area contributed by atoms with Gasteiger partial charge in [0.05, 0.1) is 17.9 Å². The smallest absolute Gasteiger partial charge is 0.308 e. The maximum absolute atomic E-state index is 12.4. The Hall–Kier alpha value is -1.60. The number of nitrogens with zero attached hydrogens (tertiary/aromatic N) is 1. The molecule has 0 bridgehead atoms. The largest absolute Gasteiger partial charge is 0.508 e. The van der Waals surface area contributed by atoms with E-state index in [9.17, 15) is 18.3 Å². The number of piperidine rings is 1. The first-order chi connectivity index (χ1) is 9.45. The molecule has 0 aliphatic carbocycles. The van der Waals surface area contributed by atoms with Crippen LogP contribution in [-0.2, 0) is 19.6 Å². The van der Waals surface area contributed by atoms with Crippen molar-refractivity contribution >= 4 is 16.0 Å². The molecule has 110 valence electrons. The van der Waals surface area contributed by atoms with E-state index < -0.39 is 10.0 Å². The first kappa shape index (κ1) is 14.8. The average Bonchev–Trinajstić information content (AvgIpc) is 2.47. The normalized spacial score (nSPS) is 17.9. The average molecular weight is 299 g/mol. The Labute approximate surface area is 118 Å². The highest BCUT2D eigenvalue weighted by molar-refractivity contribution is 7.89. The summed E-state index contributed by atoms with van der Waals surface area (Å²) in [6, 6.07) is 5.43. The number of carbonyl (C=O) groups excluding carboxylic acids is 1. The Morgan fingerprint density at radius 1 is 1.25 bits per heavy atom. The van der Waals surface area contributed by atoms with Crippen molar-refractivity contribution in [2.45, 2.75) is 17.7 Å². The second kappa shape index (κ2) is 5.80. The fraction of sp³-hybridized carbons (Fsp3) is 0.462. The molecule has 1 fully saturated rings. The summed E-state index contributed by atoms with van der Waals surface area (Å²) in [5, 5.41) is 9.20. The number of rotatable bonds is 3. The number of methoxy groups -OCH3 is 1. The number of benzene rings is 1. The van der Waals surface area contributed by atoms with Gasteiger partial charge in [0.15, 0.2) is 0 Å². The van der Waals surface area contributed by atoms with Crippen LogP contribution in [0.4, 0.5) is 0 Å². The maximum Gasteiger partial charge on any atom is 0.308 e. The molecule has 1 aromatic rings. The lowest BCUT2D eigenvalue weighted by molar-refractivity contribution is -0.146. The molecule has 0 aromatic heterocycles. The van der Waals surface area contributed by atoms with Crippen molar-refractivity contribution in [1.29, 1.82) is 0 Å². The van der Waals surface area contributed by atoms with Crippen LogP contribution >= 0.6 is 0 Å². The molecule has 1 aliphatic rings. The molecule has 7 heteroatoms. The molecule has 1 saturated heterocycles. The van der Waals surface area contributed by atoms with E-state index >= 15 is 0 Å². The molecule has 0 amide bonds. The standard InChI is InChI=1S/C13H17NO5S/c1-19-13(16)10-6-8-14(9-7-10)20(17,18)12-4-2-11(15)3-5-12/h2-5,10,15H,6-9H2,1H3. The third kappa shape index (κ3) is 2.94. The second-order valence-electron chi connectivity index (χ2n) is 4.70. The predicted octanol–water partition coefficient (Wildman–Crippen LogP) is 0.966. The van der Waals surface area contributed by atoms with Crippen molar-refractivity contribution in [2.24, 2.45) is 5.92 Å². The fourth-order valence-corrected chi connectivity index (χ4v) is 3.74. The molecule has 0 atom stereocenters. The predicted molar refractivity (Wildman–Crippen MR) is 71.6 cm³/mol. The molecule has 1 heterocycles. The number of hydrogen-bond acceptors (Lipinski definition) is 5. The van der Waals surface area contributed by atoms with E-state index in [2.05, 4.69) is 4.74 Å². The lowest BCUT2D eigenvalue weighted by atomic mass is 9.99. The van der Waals surface area contributed by atoms with Crippen LogP contribution in [0.1, 0.15) is 12.8 Å². The van der Waals surface area contributed by atoms with E-state index in [4.69, 9.17) is 0 Å². The molecule has 1 aromatic carbocycles. The summed E-state index contributed by atoms with van der Waals surface area (Å²) in [5.74, 6) is -0.494. The van der Waals surface area contributed by atoms with Gasteiger partial charge in [-0.15, -0.1) is 0 Å². The van der Waals surface area contributed by atoms with Crippen LogP contribution in [0.15, 0.2) is 29.2 Å². The number of esters is 1. The number of hydrogen-bond donors (Lipinski definition) is 1. The van der Waals surface area contributed by atoms with Gasteiger partial charge in [-0.2, -0.15) is 4.31 Å². The summed E-state index contributed by atoms with van der Waals surface area (Å²) in [6.07, 6.45) is 0.925. The van der Waals surface area contributed by atoms with Crippen molar-refractivity contribution in [3.63, 3.8) is 0 Å². The lowest BCUT2D eigenvalue weighted by Crippen LogP contribution is -2.40. The number of phenols is 1. The molecule has 1 aliphatic heterocycles. The maximum atomic E-state index is 12.4. The molecule has 0 spiro atoms. The lowest BCUT2D eigenvalue weighted by Gasteiger charge is -2.29. The number of phenolic OH excluding ortho intramolecular Hbond substituents is 1. The monoisotopic (exact) mass is 299 g/mol. The van der Waals surface area contributed by atoms with Gasteiger partial charge >= 0.3 is 5.97 Å². The molecule has 0 radical (unpaired) electrons. The number of ether oxygens (including phenoxy) is 1. The topological polar surface area (TPSA) is 83.9 Å². The van der Waals surface area contributed by atoms with Crippen LogP contribution in [0.2, 0.25) is 0 Å². The van der Waals surface area contributed by atoms with Gasteiger partial charge in [0.25, 0.3) is 0 Å².